The van der Waals surface area contributed by atoms with Gasteiger partial charge in [0, 0.05) is 19.0 Å². The first-order chi connectivity index (χ1) is 8.97. The highest BCUT2D eigenvalue weighted by atomic mass is 32.1. The molecular formula is C14H22N2O2S. The van der Waals surface area contributed by atoms with E-state index in [1.165, 1.54) is 4.88 Å². The SMILES string of the molecule is CCc1ccc(C(=O)CN(CC)CC(=O)N(C)C)s1. The molecule has 0 saturated heterocycles. The molecule has 0 unspecified atom stereocenters. The van der Waals surface area contributed by atoms with Gasteiger partial charge in [-0.15, -0.1) is 11.3 Å². The average molecular weight is 282 g/mol. The lowest BCUT2D eigenvalue weighted by Crippen LogP contribution is -2.39. The normalized spacial score (nSPS) is 10.8. The van der Waals surface area contributed by atoms with Crippen molar-refractivity contribution in [1.82, 2.24) is 9.80 Å². The van der Waals surface area contributed by atoms with Crippen molar-refractivity contribution in [3.05, 3.63) is 21.9 Å². The van der Waals surface area contributed by atoms with Crippen molar-refractivity contribution in [2.24, 2.45) is 0 Å². The van der Waals surface area contributed by atoms with Gasteiger partial charge < -0.3 is 4.90 Å². The van der Waals surface area contributed by atoms with Crippen LogP contribution in [0, 0.1) is 0 Å². The van der Waals surface area contributed by atoms with Crippen LogP contribution >= 0.6 is 11.3 Å². The predicted octanol–water partition coefficient (Wildman–Crippen LogP) is 1.90. The molecule has 0 aromatic carbocycles. The zero-order valence-electron chi connectivity index (χ0n) is 12.1. The third kappa shape index (κ3) is 4.76. The van der Waals surface area contributed by atoms with Crippen LogP contribution in [0.4, 0.5) is 0 Å². The van der Waals surface area contributed by atoms with Gasteiger partial charge in [-0.1, -0.05) is 13.8 Å². The van der Waals surface area contributed by atoms with Crippen molar-refractivity contribution in [3.63, 3.8) is 0 Å². The van der Waals surface area contributed by atoms with Crippen molar-refractivity contribution in [1.29, 1.82) is 0 Å². The summed E-state index contributed by atoms with van der Waals surface area (Å²) in [5.41, 5.74) is 0. The van der Waals surface area contributed by atoms with E-state index in [1.54, 1.807) is 30.3 Å². The molecule has 1 amide bonds. The largest absolute Gasteiger partial charge is 0.348 e. The summed E-state index contributed by atoms with van der Waals surface area (Å²) in [7, 11) is 3.45. The Kier molecular flexibility index (Phi) is 6.18. The van der Waals surface area contributed by atoms with Gasteiger partial charge in [0.2, 0.25) is 5.91 Å². The summed E-state index contributed by atoms with van der Waals surface area (Å²) in [6.45, 7) is 5.33. The summed E-state index contributed by atoms with van der Waals surface area (Å²) in [5, 5.41) is 0. The Balaban J connectivity index is 2.60. The fraction of sp³-hybridized carbons (Fsp3) is 0.571. The van der Waals surface area contributed by atoms with Crippen LogP contribution in [0.25, 0.3) is 0 Å². The van der Waals surface area contributed by atoms with Gasteiger partial charge in [-0.2, -0.15) is 0 Å². The first-order valence-corrected chi connectivity index (χ1v) is 7.34. The van der Waals surface area contributed by atoms with Gasteiger partial charge in [-0.05, 0) is 25.1 Å². The number of nitrogens with zero attached hydrogens (tertiary/aromatic N) is 2. The van der Waals surface area contributed by atoms with E-state index in [9.17, 15) is 9.59 Å². The molecule has 1 aromatic rings. The Morgan fingerprint density at radius 3 is 2.32 bits per heavy atom. The van der Waals surface area contributed by atoms with Crippen molar-refractivity contribution in [3.8, 4) is 0 Å². The summed E-state index contributed by atoms with van der Waals surface area (Å²) in [5.74, 6) is 0.119. The topological polar surface area (TPSA) is 40.6 Å². The molecule has 0 aliphatic rings. The maximum absolute atomic E-state index is 12.1. The van der Waals surface area contributed by atoms with Gasteiger partial charge in [-0.25, -0.2) is 0 Å². The molecule has 0 bridgehead atoms. The minimum atomic E-state index is 0.0232. The number of amides is 1. The number of aryl methyl sites for hydroxylation is 1. The smallest absolute Gasteiger partial charge is 0.236 e. The molecule has 0 fully saturated rings. The van der Waals surface area contributed by atoms with Crippen LogP contribution in [0.3, 0.4) is 0 Å². The highest BCUT2D eigenvalue weighted by Crippen LogP contribution is 2.17. The second kappa shape index (κ2) is 7.40. The first-order valence-electron chi connectivity index (χ1n) is 6.52. The fourth-order valence-electron chi connectivity index (χ4n) is 1.61. The Morgan fingerprint density at radius 2 is 1.84 bits per heavy atom. The van der Waals surface area contributed by atoms with Gasteiger partial charge in [0.1, 0.15) is 0 Å². The lowest BCUT2D eigenvalue weighted by molar-refractivity contribution is -0.129. The van der Waals surface area contributed by atoms with E-state index in [4.69, 9.17) is 0 Å². The molecule has 1 aromatic heterocycles. The van der Waals surface area contributed by atoms with Crippen molar-refractivity contribution in [2.45, 2.75) is 20.3 Å². The minimum absolute atomic E-state index is 0.0232. The fourth-order valence-corrected chi connectivity index (χ4v) is 2.49. The second-order valence-electron chi connectivity index (χ2n) is 4.63. The number of Topliss-reactive ketones (excluding diaryl/α,β-unsaturated/α-hetero) is 1. The van der Waals surface area contributed by atoms with E-state index >= 15 is 0 Å². The van der Waals surface area contributed by atoms with Crippen LogP contribution < -0.4 is 0 Å². The number of thiophene rings is 1. The van der Waals surface area contributed by atoms with Crippen molar-refractivity contribution >= 4 is 23.0 Å². The third-order valence-electron chi connectivity index (χ3n) is 2.96. The van der Waals surface area contributed by atoms with E-state index in [1.807, 2.05) is 24.0 Å². The van der Waals surface area contributed by atoms with E-state index in [0.717, 1.165) is 11.3 Å². The van der Waals surface area contributed by atoms with Crippen LogP contribution in [0.5, 0.6) is 0 Å². The van der Waals surface area contributed by atoms with Gasteiger partial charge in [0.25, 0.3) is 0 Å². The number of likely N-dealkylation sites (N-methyl/N-ethyl adjacent to an activating group) is 2. The third-order valence-corrected chi connectivity index (χ3v) is 4.23. The van der Waals surface area contributed by atoms with Crippen LogP contribution in [0.1, 0.15) is 28.4 Å². The lowest BCUT2D eigenvalue weighted by atomic mass is 10.3. The standard InChI is InChI=1S/C14H22N2O2S/c1-5-11-7-8-13(19-11)12(17)9-16(6-2)10-14(18)15(3)4/h7-8H,5-6,9-10H2,1-4H3. The molecule has 0 radical (unpaired) electrons. The molecule has 5 heteroatoms. The Labute approximate surface area is 119 Å². The number of carbonyl (C=O) groups is 2. The predicted molar refractivity (Wildman–Crippen MR) is 78.8 cm³/mol. The Hall–Kier alpha value is -1.20. The van der Waals surface area contributed by atoms with Crippen LogP contribution in [-0.2, 0) is 11.2 Å². The molecule has 106 valence electrons. The van der Waals surface area contributed by atoms with Crippen LogP contribution in [0.15, 0.2) is 12.1 Å². The molecule has 0 saturated carbocycles. The molecular weight excluding hydrogens is 260 g/mol. The monoisotopic (exact) mass is 282 g/mol. The highest BCUT2D eigenvalue weighted by molar-refractivity contribution is 7.14. The summed E-state index contributed by atoms with van der Waals surface area (Å²) in [6, 6.07) is 3.88. The van der Waals surface area contributed by atoms with Crippen LogP contribution in [-0.4, -0.2) is 55.2 Å². The quantitative estimate of drug-likeness (QED) is 0.717. The Bertz CT molecular complexity index is 440. The number of hydrogen-bond donors (Lipinski definition) is 0. The van der Waals surface area contributed by atoms with Crippen LogP contribution in [0.2, 0.25) is 0 Å². The molecule has 0 N–H and O–H groups in total. The van der Waals surface area contributed by atoms with Gasteiger partial charge >= 0.3 is 0 Å². The van der Waals surface area contributed by atoms with E-state index in [0.29, 0.717) is 19.6 Å². The second-order valence-corrected chi connectivity index (χ2v) is 5.80. The first kappa shape index (κ1) is 15.9. The number of carbonyl (C=O) groups excluding carboxylic acids is 2. The van der Waals surface area contributed by atoms with E-state index < -0.39 is 0 Å². The number of rotatable bonds is 7. The summed E-state index contributed by atoms with van der Waals surface area (Å²) >= 11 is 1.55. The molecule has 4 nitrogen and oxygen atoms in total. The zero-order valence-corrected chi connectivity index (χ0v) is 12.9. The molecule has 0 aliphatic carbocycles. The Morgan fingerprint density at radius 1 is 1.16 bits per heavy atom. The lowest BCUT2D eigenvalue weighted by Gasteiger charge is -2.20. The molecule has 0 atom stereocenters. The van der Waals surface area contributed by atoms with Gasteiger partial charge in [0.15, 0.2) is 5.78 Å². The van der Waals surface area contributed by atoms with Gasteiger partial charge in [0.05, 0.1) is 18.0 Å². The molecule has 19 heavy (non-hydrogen) atoms. The summed E-state index contributed by atoms with van der Waals surface area (Å²) in [6.07, 6.45) is 0.953. The average Bonchev–Trinajstić information content (AvgIpc) is 2.86. The summed E-state index contributed by atoms with van der Waals surface area (Å²) in [4.78, 5) is 29.2. The minimum Gasteiger partial charge on any atom is -0.348 e. The molecule has 1 heterocycles. The molecule has 0 spiro atoms. The van der Waals surface area contributed by atoms with Crippen molar-refractivity contribution < 1.29 is 9.59 Å². The number of hydrogen-bond acceptors (Lipinski definition) is 4. The highest BCUT2D eigenvalue weighted by Gasteiger charge is 2.16. The van der Waals surface area contributed by atoms with Gasteiger partial charge in [-0.3, -0.25) is 14.5 Å². The number of ketones is 1. The molecule has 0 aliphatic heterocycles. The van der Waals surface area contributed by atoms with Crippen molar-refractivity contribution in [2.75, 3.05) is 33.7 Å². The maximum atomic E-state index is 12.1. The zero-order chi connectivity index (χ0) is 14.4. The maximum Gasteiger partial charge on any atom is 0.236 e. The van der Waals surface area contributed by atoms with E-state index in [2.05, 4.69) is 6.92 Å². The van der Waals surface area contributed by atoms with E-state index in [-0.39, 0.29) is 11.7 Å². The summed E-state index contributed by atoms with van der Waals surface area (Å²) < 4.78 is 0. The molecule has 1 rings (SSSR count).